The molecule has 0 spiro atoms. The number of carboxylic acid groups (broad SMARTS) is 1. The molecule has 0 heterocycles. The van der Waals surface area contributed by atoms with Crippen molar-refractivity contribution in [2.75, 3.05) is 0 Å². The van der Waals surface area contributed by atoms with Gasteiger partial charge in [0.05, 0.1) is 0 Å². The Morgan fingerprint density at radius 3 is 2.45 bits per heavy atom. The number of halogens is 2. The lowest BCUT2D eigenvalue weighted by atomic mass is 10.1. The van der Waals surface area contributed by atoms with Crippen molar-refractivity contribution in [3.05, 3.63) is 29.8 Å². The molecule has 0 aliphatic carbocycles. The highest BCUT2D eigenvalue weighted by atomic mass is 32.2. The third-order valence-electron chi connectivity index (χ3n) is 2.49. The molecule has 8 heteroatoms. The molecule has 5 nitrogen and oxygen atoms in total. The number of carboxylic acids is 1. The normalized spacial score (nSPS) is 13.4. The lowest BCUT2D eigenvalue weighted by Crippen LogP contribution is -2.41. The predicted molar refractivity (Wildman–Crippen MR) is 67.6 cm³/mol. The van der Waals surface area contributed by atoms with Gasteiger partial charge in [0.25, 0.3) is 0 Å². The fourth-order valence-corrected chi connectivity index (χ4v) is 2.90. The van der Waals surface area contributed by atoms with Crippen LogP contribution in [0.25, 0.3) is 0 Å². The molecule has 0 bridgehead atoms. The second-order valence-corrected chi connectivity index (χ2v) is 6.40. The number of benzene rings is 1. The van der Waals surface area contributed by atoms with Crippen LogP contribution in [0, 0.1) is 17.6 Å². The minimum Gasteiger partial charge on any atom is -0.480 e. The van der Waals surface area contributed by atoms with Crippen LogP contribution in [0.5, 0.6) is 0 Å². The largest absolute Gasteiger partial charge is 0.480 e. The van der Waals surface area contributed by atoms with Gasteiger partial charge in [-0.25, -0.2) is 17.2 Å². The molecule has 0 aliphatic rings. The number of nitrogens with one attached hydrogen (secondary N) is 1. The molecule has 0 saturated heterocycles. The standard InChI is InChI=1S/C12H15F2NO4S/c1-7(2)5-10(12(16)17)15-20(18,19)11-6-8(13)3-4-9(11)14/h3-4,6-7,10,15H,5H2,1-2H3,(H,16,17)/t10-/m0/s1. The molecule has 0 unspecified atom stereocenters. The van der Waals surface area contributed by atoms with E-state index in [1.807, 2.05) is 4.72 Å². The Morgan fingerprint density at radius 1 is 1.35 bits per heavy atom. The average molecular weight is 307 g/mol. The molecule has 0 aromatic heterocycles. The van der Waals surface area contributed by atoms with Crippen LogP contribution in [0.2, 0.25) is 0 Å². The predicted octanol–water partition coefficient (Wildman–Crippen LogP) is 1.74. The fourth-order valence-electron chi connectivity index (χ4n) is 1.60. The maximum Gasteiger partial charge on any atom is 0.321 e. The summed E-state index contributed by atoms with van der Waals surface area (Å²) in [4.78, 5) is 10.1. The van der Waals surface area contributed by atoms with Gasteiger partial charge >= 0.3 is 5.97 Å². The van der Waals surface area contributed by atoms with Crippen LogP contribution < -0.4 is 4.72 Å². The van der Waals surface area contributed by atoms with Crippen molar-refractivity contribution in [1.82, 2.24) is 4.72 Å². The zero-order valence-electron chi connectivity index (χ0n) is 10.9. The van der Waals surface area contributed by atoms with Crippen LogP contribution >= 0.6 is 0 Å². The van der Waals surface area contributed by atoms with E-state index in [1.165, 1.54) is 0 Å². The van der Waals surface area contributed by atoms with Gasteiger partial charge in [-0.05, 0) is 30.5 Å². The molecule has 0 saturated carbocycles. The van der Waals surface area contributed by atoms with E-state index in [1.54, 1.807) is 13.8 Å². The highest BCUT2D eigenvalue weighted by Gasteiger charge is 2.28. The molecule has 112 valence electrons. The lowest BCUT2D eigenvalue weighted by Gasteiger charge is -2.16. The molecule has 1 aromatic rings. The van der Waals surface area contributed by atoms with Crippen molar-refractivity contribution in [3.8, 4) is 0 Å². The molecule has 1 rings (SSSR count). The second-order valence-electron chi connectivity index (χ2n) is 4.72. The van der Waals surface area contributed by atoms with Crippen LogP contribution in [0.15, 0.2) is 23.1 Å². The van der Waals surface area contributed by atoms with Gasteiger partial charge in [0.15, 0.2) is 0 Å². The number of rotatable bonds is 6. The average Bonchev–Trinajstić information content (AvgIpc) is 2.30. The van der Waals surface area contributed by atoms with E-state index in [0.29, 0.717) is 12.1 Å². The molecule has 0 fully saturated rings. The molecule has 20 heavy (non-hydrogen) atoms. The first-order valence-electron chi connectivity index (χ1n) is 5.83. The zero-order chi connectivity index (χ0) is 15.5. The highest BCUT2D eigenvalue weighted by molar-refractivity contribution is 7.89. The van der Waals surface area contributed by atoms with Crippen molar-refractivity contribution in [2.24, 2.45) is 5.92 Å². The van der Waals surface area contributed by atoms with Gasteiger partial charge in [0, 0.05) is 0 Å². The maximum atomic E-state index is 13.4. The van der Waals surface area contributed by atoms with Crippen molar-refractivity contribution in [1.29, 1.82) is 0 Å². The van der Waals surface area contributed by atoms with Gasteiger partial charge < -0.3 is 5.11 Å². The summed E-state index contributed by atoms with van der Waals surface area (Å²) in [5.74, 6) is -3.54. The summed E-state index contributed by atoms with van der Waals surface area (Å²) in [5, 5.41) is 8.96. The SMILES string of the molecule is CC(C)C[C@H](NS(=O)(=O)c1cc(F)ccc1F)C(=O)O. The number of hydrogen-bond acceptors (Lipinski definition) is 3. The fraction of sp³-hybridized carbons (Fsp3) is 0.417. The molecule has 0 radical (unpaired) electrons. The summed E-state index contributed by atoms with van der Waals surface area (Å²) >= 11 is 0. The van der Waals surface area contributed by atoms with Crippen LogP contribution in [0.1, 0.15) is 20.3 Å². The monoisotopic (exact) mass is 307 g/mol. The summed E-state index contributed by atoms with van der Waals surface area (Å²) in [6.45, 7) is 3.43. The van der Waals surface area contributed by atoms with E-state index >= 15 is 0 Å². The number of carbonyl (C=O) groups is 1. The smallest absolute Gasteiger partial charge is 0.321 e. The Kier molecular flexibility index (Phi) is 5.18. The van der Waals surface area contributed by atoms with Crippen LogP contribution in [0.3, 0.4) is 0 Å². The van der Waals surface area contributed by atoms with Gasteiger partial charge in [-0.1, -0.05) is 13.8 Å². The molecule has 1 atom stereocenters. The maximum absolute atomic E-state index is 13.4. The van der Waals surface area contributed by atoms with E-state index in [-0.39, 0.29) is 12.3 Å². The number of sulfonamides is 1. The zero-order valence-corrected chi connectivity index (χ0v) is 11.7. The summed E-state index contributed by atoms with van der Waals surface area (Å²) in [7, 11) is -4.45. The first-order valence-corrected chi connectivity index (χ1v) is 7.32. The molecule has 0 aliphatic heterocycles. The third kappa shape index (κ3) is 4.24. The summed E-state index contributed by atoms with van der Waals surface area (Å²) in [6.07, 6.45) is 0.0332. The van der Waals surface area contributed by atoms with Crippen molar-refractivity contribution < 1.29 is 27.1 Å². The van der Waals surface area contributed by atoms with Crippen molar-refractivity contribution in [3.63, 3.8) is 0 Å². The highest BCUT2D eigenvalue weighted by Crippen LogP contribution is 2.17. The molecule has 2 N–H and O–H groups in total. The topological polar surface area (TPSA) is 83.5 Å². The van der Waals surface area contributed by atoms with Crippen molar-refractivity contribution >= 4 is 16.0 Å². The third-order valence-corrected chi connectivity index (χ3v) is 3.97. The summed E-state index contributed by atoms with van der Waals surface area (Å²) in [6, 6.07) is 0.549. The molecule has 0 amide bonds. The van der Waals surface area contributed by atoms with Gasteiger partial charge in [0.2, 0.25) is 10.0 Å². The minimum atomic E-state index is -4.45. The molecular weight excluding hydrogens is 292 g/mol. The van der Waals surface area contributed by atoms with E-state index in [4.69, 9.17) is 5.11 Å². The van der Waals surface area contributed by atoms with E-state index < -0.39 is 38.6 Å². The van der Waals surface area contributed by atoms with Crippen LogP contribution in [0.4, 0.5) is 8.78 Å². The second kappa shape index (κ2) is 6.27. The van der Waals surface area contributed by atoms with E-state index in [0.717, 1.165) is 6.07 Å². The van der Waals surface area contributed by atoms with E-state index in [2.05, 4.69) is 0 Å². The number of hydrogen-bond donors (Lipinski definition) is 2. The Balaban J connectivity index is 3.09. The minimum absolute atomic E-state index is 0.0332. The first-order chi connectivity index (χ1) is 9.13. The Hall–Kier alpha value is -1.54. The lowest BCUT2D eigenvalue weighted by molar-refractivity contribution is -0.139. The summed E-state index contributed by atoms with van der Waals surface area (Å²) in [5.41, 5.74) is 0. The van der Waals surface area contributed by atoms with Crippen molar-refractivity contribution in [2.45, 2.75) is 31.2 Å². The molecule has 1 aromatic carbocycles. The van der Waals surface area contributed by atoms with E-state index in [9.17, 15) is 22.0 Å². The first kappa shape index (κ1) is 16.5. The van der Waals surface area contributed by atoms with Gasteiger partial charge in [-0.3, -0.25) is 4.79 Å². The Bertz CT molecular complexity index is 601. The van der Waals surface area contributed by atoms with Gasteiger partial charge in [-0.15, -0.1) is 0 Å². The quantitative estimate of drug-likeness (QED) is 0.838. The van der Waals surface area contributed by atoms with Gasteiger partial charge in [-0.2, -0.15) is 4.72 Å². The van der Waals surface area contributed by atoms with Gasteiger partial charge in [0.1, 0.15) is 22.6 Å². The molecular formula is C12H15F2NO4S. The Labute approximate surface area is 115 Å². The van der Waals surface area contributed by atoms with Crippen LogP contribution in [-0.2, 0) is 14.8 Å². The van der Waals surface area contributed by atoms with Crippen LogP contribution in [-0.4, -0.2) is 25.5 Å². The summed E-state index contributed by atoms with van der Waals surface area (Å²) < 4.78 is 52.2. The number of aliphatic carboxylic acids is 1. The Morgan fingerprint density at radius 2 is 1.95 bits per heavy atom.